The van der Waals surface area contributed by atoms with Crippen molar-refractivity contribution in [1.82, 2.24) is 0 Å². The Morgan fingerprint density at radius 2 is 2.31 bits per heavy atom. The highest BCUT2D eigenvalue weighted by molar-refractivity contribution is 9.10. The van der Waals surface area contributed by atoms with E-state index < -0.39 is 0 Å². The van der Waals surface area contributed by atoms with Gasteiger partial charge in [-0.2, -0.15) is 0 Å². The van der Waals surface area contributed by atoms with Gasteiger partial charge in [0.1, 0.15) is 15.9 Å². The van der Waals surface area contributed by atoms with Crippen molar-refractivity contribution in [1.29, 1.82) is 0 Å². The molecule has 2 aromatic rings. The van der Waals surface area contributed by atoms with Crippen LogP contribution < -0.4 is 5.73 Å². The summed E-state index contributed by atoms with van der Waals surface area (Å²) in [6.45, 7) is 2.05. The summed E-state index contributed by atoms with van der Waals surface area (Å²) in [5.41, 5.74) is 6.10. The normalized spacial score (nSPS) is 13.0. The first-order valence-corrected chi connectivity index (χ1v) is 6.89. The van der Waals surface area contributed by atoms with E-state index in [9.17, 15) is 0 Å². The zero-order valence-corrected chi connectivity index (χ0v) is 11.8. The molecule has 0 fully saturated rings. The highest BCUT2D eigenvalue weighted by Gasteiger charge is 2.17. The fraction of sp³-hybridized carbons (Fsp3) is 0.273. The smallest absolute Gasteiger partial charge is 0.126 e. The number of halogens is 2. The van der Waals surface area contributed by atoms with Crippen molar-refractivity contribution in [3.05, 3.63) is 43.4 Å². The van der Waals surface area contributed by atoms with Crippen molar-refractivity contribution >= 4 is 38.9 Å². The number of hydrogen-bond donors (Lipinski definition) is 1. The van der Waals surface area contributed by atoms with Crippen molar-refractivity contribution in [2.45, 2.75) is 19.4 Å². The van der Waals surface area contributed by atoms with E-state index in [0.29, 0.717) is 4.34 Å². The van der Waals surface area contributed by atoms with Gasteiger partial charge in [0.15, 0.2) is 0 Å². The van der Waals surface area contributed by atoms with Gasteiger partial charge in [-0.05, 0) is 34.1 Å². The van der Waals surface area contributed by atoms with Gasteiger partial charge < -0.3 is 10.2 Å². The summed E-state index contributed by atoms with van der Waals surface area (Å²) < 4.78 is 7.22. The molecule has 0 amide bonds. The Labute approximate surface area is 112 Å². The van der Waals surface area contributed by atoms with Crippen molar-refractivity contribution in [2.24, 2.45) is 5.73 Å². The molecule has 2 aromatic heterocycles. The maximum absolute atomic E-state index is 6.10. The Morgan fingerprint density at radius 1 is 1.56 bits per heavy atom. The van der Waals surface area contributed by atoms with Gasteiger partial charge in [0.05, 0.1) is 6.04 Å². The maximum Gasteiger partial charge on any atom is 0.126 e. The zero-order valence-electron chi connectivity index (χ0n) is 8.67. The van der Waals surface area contributed by atoms with E-state index in [-0.39, 0.29) is 6.04 Å². The number of furan rings is 1. The highest BCUT2D eigenvalue weighted by atomic mass is 79.9. The molecule has 2 heterocycles. The van der Waals surface area contributed by atoms with Crippen molar-refractivity contribution in [3.8, 4) is 0 Å². The summed E-state index contributed by atoms with van der Waals surface area (Å²) in [6, 6.07) is 5.57. The van der Waals surface area contributed by atoms with Gasteiger partial charge in [0.25, 0.3) is 0 Å². The standard InChI is InChI=1S/C11H11BrClNOS/c1-2-6-3-4-8(15-6)10(14)9-5-7(12)11(13)16-9/h3-5,10H,2,14H2,1H3. The van der Waals surface area contributed by atoms with Gasteiger partial charge in [-0.15, -0.1) is 11.3 Å². The lowest BCUT2D eigenvalue weighted by Gasteiger charge is -2.05. The quantitative estimate of drug-likeness (QED) is 0.912. The summed E-state index contributed by atoms with van der Waals surface area (Å²) in [7, 11) is 0. The maximum atomic E-state index is 6.10. The molecule has 0 spiro atoms. The molecule has 2 rings (SSSR count). The predicted octanol–water partition coefficient (Wildman–Crippen LogP) is 4.37. The molecule has 0 aliphatic rings. The molecule has 0 aromatic carbocycles. The minimum absolute atomic E-state index is 0.242. The topological polar surface area (TPSA) is 39.2 Å². The minimum atomic E-state index is -0.242. The summed E-state index contributed by atoms with van der Waals surface area (Å²) >= 11 is 10.8. The van der Waals surface area contributed by atoms with E-state index in [1.165, 1.54) is 11.3 Å². The molecule has 0 bridgehead atoms. The largest absolute Gasteiger partial charge is 0.464 e. The molecule has 0 saturated carbocycles. The van der Waals surface area contributed by atoms with Crippen molar-refractivity contribution < 1.29 is 4.42 Å². The molecule has 2 nitrogen and oxygen atoms in total. The van der Waals surface area contributed by atoms with Crippen LogP contribution in [-0.4, -0.2) is 0 Å². The summed E-state index contributed by atoms with van der Waals surface area (Å²) in [5.74, 6) is 1.73. The molecule has 1 atom stereocenters. The monoisotopic (exact) mass is 319 g/mol. The van der Waals surface area contributed by atoms with Crippen LogP contribution in [0.1, 0.15) is 29.4 Å². The van der Waals surface area contributed by atoms with Gasteiger partial charge in [-0.1, -0.05) is 18.5 Å². The molecule has 0 aliphatic heterocycles. The van der Waals surface area contributed by atoms with Gasteiger partial charge in [0.2, 0.25) is 0 Å². The van der Waals surface area contributed by atoms with Gasteiger partial charge in [0, 0.05) is 15.8 Å². The second-order valence-corrected chi connectivity index (χ2v) is 5.95. The molecule has 1 unspecified atom stereocenters. The van der Waals surface area contributed by atoms with Crippen LogP contribution in [-0.2, 0) is 6.42 Å². The molecule has 86 valence electrons. The zero-order chi connectivity index (χ0) is 11.7. The van der Waals surface area contributed by atoms with Crippen LogP contribution in [0, 0.1) is 0 Å². The van der Waals surface area contributed by atoms with Crippen LogP contribution in [0.5, 0.6) is 0 Å². The number of nitrogens with two attached hydrogens (primary N) is 1. The Kier molecular flexibility index (Phi) is 3.74. The third kappa shape index (κ3) is 2.35. The van der Waals surface area contributed by atoms with Crippen LogP contribution in [0.15, 0.2) is 27.1 Å². The lowest BCUT2D eigenvalue weighted by Crippen LogP contribution is -2.08. The van der Waals surface area contributed by atoms with E-state index in [0.717, 1.165) is 27.3 Å². The van der Waals surface area contributed by atoms with Crippen molar-refractivity contribution in [3.63, 3.8) is 0 Å². The lowest BCUT2D eigenvalue weighted by molar-refractivity contribution is 0.455. The molecule has 2 N–H and O–H groups in total. The lowest BCUT2D eigenvalue weighted by atomic mass is 10.2. The van der Waals surface area contributed by atoms with Gasteiger partial charge in [-0.3, -0.25) is 0 Å². The number of thiophene rings is 1. The second-order valence-electron chi connectivity index (χ2n) is 3.41. The summed E-state index contributed by atoms with van der Waals surface area (Å²) in [6.07, 6.45) is 0.877. The Hall–Kier alpha value is -0.290. The molecule has 0 radical (unpaired) electrons. The molecule has 0 saturated heterocycles. The summed E-state index contributed by atoms with van der Waals surface area (Å²) in [4.78, 5) is 0.994. The fourth-order valence-electron chi connectivity index (χ4n) is 1.41. The predicted molar refractivity (Wildman–Crippen MR) is 71.1 cm³/mol. The average molecular weight is 321 g/mol. The Bertz CT molecular complexity index is 474. The van der Waals surface area contributed by atoms with E-state index in [1.807, 2.05) is 25.1 Å². The first-order valence-electron chi connectivity index (χ1n) is 4.90. The SMILES string of the molecule is CCc1ccc(C(N)c2cc(Br)c(Cl)s2)o1. The first kappa shape index (κ1) is 12.2. The van der Waals surface area contributed by atoms with Gasteiger partial charge in [-0.25, -0.2) is 0 Å². The van der Waals surface area contributed by atoms with E-state index >= 15 is 0 Å². The average Bonchev–Trinajstić information content (AvgIpc) is 2.86. The first-order chi connectivity index (χ1) is 7.61. The third-order valence-electron chi connectivity index (χ3n) is 2.31. The number of aryl methyl sites for hydroxylation is 1. The van der Waals surface area contributed by atoms with Gasteiger partial charge >= 0.3 is 0 Å². The third-order valence-corrected chi connectivity index (χ3v) is 4.87. The number of hydrogen-bond acceptors (Lipinski definition) is 3. The highest BCUT2D eigenvalue weighted by Crippen LogP contribution is 2.36. The fourth-order valence-corrected chi connectivity index (χ4v) is 3.15. The van der Waals surface area contributed by atoms with Crippen LogP contribution >= 0.6 is 38.9 Å². The van der Waals surface area contributed by atoms with Crippen LogP contribution in [0.4, 0.5) is 0 Å². The molecule has 0 aliphatic carbocycles. The van der Waals surface area contributed by atoms with E-state index in [2.05, 4.69) is 15.9 Å². The van der Waals surface area contributed by atoms with Crippen molar-refractivity contribution in [2.75, 3.05) is 0 Å². The minimum Gasteiger partial charge on any atom is -0.464 e. The molecule has 5 heteroatoms. The summed E-state index contributed by atoms with van der Waals surface area (Å²) in [5, 5.41) is 0. The van der Waals surface area contributed by atoms with E-state index in [4.69, 9.17) is 21.8 Å². The van der Waals surface area contributed by atoms with E-state index in [1.54, 1.807) is 0 Å². The molecular formula is C11H11BrClNOS. The van der Waals surface area contributed by atoms with Crippen LogP contribution in [0.3, 0.4) is 0 Å². The Balaban J connectivity index is 2.27. The Morgan fingerprint density at radius 3 is 2.81 bits per heavy atom. The molecule has 16 heavy (non-hydrogen) atoms. The second kappa shape index (κ2) is 4.92. The number of rotatable bonds is 3. The van der Waals surface area contributed by atoms with Crippen LogP contribution in [0.25, 0.3) is 0 Å². The van der Waals surface area contributed by atoms with Crippen LogP contribution in [0.2, 0.25) is 4.34 Å². The molecular weight excluding hydrogens is 310 g/mol.